The molecule has 0 bridgehead atoms. The monoisotopic (exact) mass is 262 g/mol. The van der Waals surface area contributed by atoms with Crippen LogP contribution in [-0.2, 0) is 14.6 Å². The van der Waals surface area contributed by atoms with Crippen LogP contribution in [0.2, 0.25) is 0 Å². The first-order valence-corrected chi connectivity index (χ1v) is 7.98. The number of carbonyl (C=O) groups excluding carboxylic acids is 1. The molecule has 2 unspecified atom stereocenters. The Kier molecular flexibility index (Phi) is 5.39. The lowest BCUT2D eigenvalue weighted by Gasteiger charge is -2.24. The smallest absolute Gasteiger partial charge is 0.224 e. The Morgan fingerprint density at radius 2 is 2.18 bits per heavy atom. The third-order valence-electron chi connectivity index (χ3n) is 2.96. The average Bonchev–Trinajstić information content (AvgIpc) is 2.24. The molecule has 1 aliphatic heterocycles. The predicted molar refractivity (Wildman–Crippen MR) is 67.5 cm³/mol. The molecular weight excluding hydrogens is 240 g/mol. The molecule has 0 saturated carbocycles. The minimum atomic E-state index is -2.95. The molecule has 0 radical (unpaired) electrons. The van der Waals surface area contributed by atoms with Crippen LogP contribution >= 0.6 is 0 Å². The predicted octanol–water partition coefficient (Wildman–Crippen LogP) is -0.0746. The third-order valence-corrected chi connectivity index (χ3v) is 4.78. The molecule has 0 spiro atoms. The first kappa shape index (κ1) is 14.4. The summed E-state index contributed by atoms with van der Waals surface area (Å²) in [7, 11) is -2.95. The number of hydrogen-bond acceptors (Lipinski definition) is 4. The zero-order valence-corrected chi connectivity index (χ0v) is 11.3. The molecule has 1 aliphatic rings. The zero-order chi connectivity index (χ0) is 12.9. The molecule has 0 aliphatic carbocycles. The summed E-state index contributed by atoms with van der Waals surface area (Å²) in [6.45, 7) is 5.28. The van der Waals surface area contributed by atoms with Crippen molar-refractivity contribution in [2.45, 2.75) is 32.7 Å². The van der Waals surface area contributed by atoms with Crippen molar-refractivity contribution in [2.75, 3.05) is 24.6 Å². The highest BCUT2D eigenvalue weighted by Crippen LogP contribution is 2.12. The molecule has 1 heterocycles. The minimum Gasteiger partial charge on any atom is -0.352 e. The van der Waals surface area contributed by atoms with Crippen molar-refractivity contribution < 1.29 is 13.2 Å². The first-order chi connectivity index (χ1) is 7.94. The largest absolute Gasteiger partial charge is 0.352 e. The van der Waals surface area contributed by atoms with Crippen LogP contribution in [0.25, 0.3) is 0 Å². The second-order valence-electron chi connectivity index (χ2n) is 4.67. The highest BCUT2D eigenvalue weighted by atomic mass is 32.2. The normalized spacial score (nSPS) is 25.2. The molecule has 2 N–H and O–H groups in total. The van der Waals surface area contributed by atoms with Gasteiger partial charge in [-0.3, -0.25) is 4.79 Å². The van der Waals surface area contributed by atoms with Crippen molar-refractivity contribution >= 4 is 15.7 Å². The quantitative estimate of drug-likeness (QED) is 0.727. The van der Waals surface area contributed by atoms with Gasteiger partial charge in [0.05, 0.1) is 11.5 Å². The van der Waals surface area contributed by atoms with E-state index in [2.05, 4.69) is 10.6 Å². The molecule has 0 aromatic rings. The molecule has 1 rings (SSSR count). The molecule has 17 heavy (non-hydrogen) atoms. The molecule has 5 nitrogen and oxygen atoms in total. The van der Waals surface area contributed by atoms with Crippen molar-refractivity contribution in [3.63, 3.8) is 0 Å². The Morgan fingerprint density at radius 1 is 1.47 bits per heavy atom. The van der Waals surface area contributed by atoms with Crippen LogP contribution < -0.4 is 10.6 Å². The zero-order valence-electron chi connectivity index (χ0n) is 10.5. The molecule has 2 atom stereocenters. The maximum Gasteiger partial charge on any atom is 0.224 e. The van der Waals surface area contributed by atoms with Crippen LogP contribution in [0, 0.1) is 5.92 Å². The van der Waals surface area contributed by atoms with Gasteiger partial charge < -0.3 is 10.6 Å². The molecule has 1 fully saturated rings. The molecule has 1 saturated heterocycles. The molecule has 0 aromatic heterocycles. The lowest BCUT2D eigenvalue weighted by molar-refractivity contribution is -0.125. The highest BCUT2D eigenvalue weighted by molar-refractivity contribution is 7.91. The molecule has 0 aromatic carbocycles. The Bertz CT molecular complexity index is 354. The number of nitrogens with one attached hydrogen (secondary N) is 2. The number of hydrogen-bond donors (Lipinski definition) is 2. The Hall–Kier alpha value is -0.620. The van der Waals surface area contributed by atoms with Gasteiger partial charge in [-0.15, -0.1) is 0 Å². The van der Waals surface area contributed by atoms with Gasteiger partial charge in [0.15, 0.2) is 9.84 Å². The van der Waals surface area contributed by atoms with E-state index in [1.807, 2.05) is 13.8 Å². The van der Waals surface area contributed by atoms with Crippen LogP contribution in [0.3, 0.4) is 0 Å². The van der Waals surface area contributed by atoms with Crippen molar-refractivity contribution in [3.8, 4) is 0 Å². The highest BCUT2D eigenvalue weighted by Gasteiger charge is 2.26. The topological polar surface area (TPSA) is 75.3 Å². The van der Waals surface area contributed by atoms with Crippen molar-refractivity contribution in [2.24, 2.45) is 5.92 Å². The lowest BCUT2D eigenvalue weighted by atomic mass is 10.1. The summed E-state index contributed by atoms with van der Waals surface area (Å²) in [6, 6.07) is -0.203. The van der Waals surface area contributed by atoms with Crippen molar-refractivity contribution in [1.29, 1.82) is 0 Å². The SMILES string of the molecule is CCNCC(C)C(=O)NC1CCCS(=O)(=O)C1. The van der Waals surface area contributed by atoms with Crippen LogP contribution in [-0.4, -0.2) is 45.0 Å². The Labute approximate surface area is 103 Å². The van der Waals surface area contributed by atoms with Crippen molar-refractivity contribution in [1.82, 2.24) is 10.6 Å². The van der Waals surface area contributed by atoms with Gasteiger partial charge in [-0.25, -0.2) is 8.42 Å². The number of sulfone groups is 1. The second kappa shape index (κ2) is 6.35. The van der Waals surface area contributed by atoms with E-state index in [0.717, 1.165) is 13.0 Å². The summed E-state index contributed by atoms with van der Waals surface area (Å²) in [6.07, 6.45) is 1.41. The van der Waals surface area contributed by atoms with Gasteiger partial charge in [0.2, 0.25) is 5.91 Å². The second-order valence-corrected chi connectivity index (χ2v) is 6.90. The van der Waals surface area contributed by atoms with E-state index in [1.54, 1.807) is 0 Å². The fourth-order valence-electron chi connectivity index (χ4n) is 1.93. The molecular formula is C11H22N2O3S. The third kappa shape index (κ3) is 5.04. The van der Waals surface area contributed by atoms with E-state index < -0.39 is 9.84 Å². The summed E-state index contributed by atoms with van der Waals surface area (Å²) in [5.41, 5.74) is 0. The van der Waals surface area contributed by atoms with Gasteiger partial charge in [0, 0.05) is 18.5 Å². The fourth-order valence-corrected chi connectivity index (χ4v) is 3.57. The number of amides is 1. The fraction of sp³-hybridized carbons (Fsp3) is 0.909. The summed E-state index contributed by atoms with van der Waals surface area (Å²) in [5.74, 6) is 0.159. The van der Waals surface area contributed by atoms with Crippen molar-refractivity contribution in [3.05, 3.63) is 0 Å². The van der Waals surface area contributed by atoms with Crippen LogP contribution in [0.1, 0.15) is 26.7 Å². The standard InChI is InChI=1S/C11H22N2O3S/c1-3-12-7-9(2)11(14)13-10-5-4-6-17(15,16)8-10/h9-10,12H,3-8H2,1-2H3,(H,13,14). The van der Waals surface area contributed by atoms with Crippen LogP contribution in [0.15, 0.2) is 0 Å². The number of carbonyl (C=O) groups is 1. The van der Waals surface area contributed by atoms with E-state index in [4.69, 9.17) is 0 Å². The number of rotatable bonds is 5. The van der Waals surface area contributed by atoms with Gasteiger partial charge in [-0.05, 0) is 19.4 Å². The van der Waals surface area contributed by atoms with Gasteiger partial charge in [-0.1, -0.05) is 13.8 Å². The van der Waals surface area contributed by atoms with E-state index in [-0.39, 0.29) is 29.4 Å². The van der Waals surface area contributed by atoms with E-state index >= 15 is 0 Å². The van der Waals surface area contributed by atoms with E-state index in [9.17, 15) is 13.2 Å². The van der Waals surface area contributed by atoms with E-state index in [0.29, 0.717) is 13.0 Å². The van der Waals surface area contributed by atoms with Gasteiger partial charge >= 0.3 is 0 Å². The van der Waals surface area contributed by atoms with E-state index in [1.165, 1.54) is 0 Å². The maximum absolute atomic E-state index is 11.8. The molecule has 6 heteroatoms. The summed E-state index contributed by atoms with van der Waals surface area (Å²) in [5, 5.41) is 5.93. The lowest BCUT2D eigenvalue weighted by Crippen LogP contribution is -2.46. The Balaban J connectivity index is 2.40. The Morgan fingerprint density at radius 3 is 2.76 bits per heavy atom. The summed E-state index contributed by atoms with van der Waals surface area (Å²) < 4.78 is 22.8. The van der Waals surface area contributed by atoms with Gasteiger partial charge in [0.25, 0.3) is 0 Å². The average molecular weight is 262 g/mol. The minimum absolute atomic E-state index is 0.0620. The van der Waals surface area contributed by atoms with Crippen LogP contribution in [0.4, 0.5) is 0 Å². The first-order valence-electron chi connectivity index (χ1n) is 6.16. The molecule has 1 amide bonds. The maximum atomic E-state index is 11.8. The van der Waals surface area contributed by atoms with Gasteiger partial charge in [-0.2, -0.15) is 0 Å². The van der Waals surface area contributed by atoms with Gasteiger partial charge in [0.1, 0.15) is 0 Å². The van der Waals surface area contributed by atoms with Crippen LogP contribution in [0.5, 0.6) is 0 Å². The summed E-state index contributed by atoms with van der Waals surface area (Å²) in [4.78, 5) is 11.8. The summed E-state index contributed by atoms with van der Waals surface area (Å²) >= 11 is 0. The molecule has 100 valence electrons.